The van der Waals surface area contributed by atoms with Gasteiger partial charge in [0.1, 0.15) is 11.4 Å². The Bertz CT molecular complexity index is 1220. The molecule has 0 spiro atoms. The first-order valence-corrected chi connectivity index (χ1v) is 12.3. The number of hydrogen-bond acceptors (Lipinski definition) is 8. The number of carbonyl (C=O) groups is 3. The molecule has 1 aliphatic rings. The maximum atomic E-state index is 12.7. The summed E-state index contributed by atoms with van der Waals surface area (Å²) in [6.07, 6.45) is 1.45. The van der Waals surface area contributed by atoms with Crippen molar-refractivity contribution in [3.05, 3.63) is 47.1 Å². The highest BCUT2D eigenvalue weighted by molar-refractivity contribution is 8.18. The Labute approximate surface area is 204 Å². The number of hydrogen-bond donors (Lipinski definition) is 2. The second-order valence-electron chi connectivity index (χ2n) is 8.43. The fourth-order valence-electron chi connectivity index (χ4n) is 3.10. The van der Waals surface area contributed by atoms with E-state index in [9.17, 15) is 14.4 Å². The van der Waals surface area contributed by atoms with Crippen LogP contribution in [-0.4, -0.2) is 50.8 Å². The lowest BCUT2D eigenvalue weighted by atomic mass is 10.2. The third kappa shape index (κ3) is 6.03. The molecule has 3 amide bonds. The molecular formula is C23H24N4O5S2. The lowest BCUT2D eigenvalue weighted by Crippen LogP contribution is -2.35. The van der Waals surface area contributed by atoms with Gasteiger partial charge in [0.2, 0.25) is 0 Å². The summed E-state index contributed by atoms with van der Waals surface area (Å²) in [6, 6.07) is 11.3. The highest BCUT2D eigenvalue weighted by Gasteiger charge is 2.34. The Morgan fingerprint density at radius 3 is 2.82 bits per heavy atom. The summed E-state index contributed by atoms with van der Waals surface area (Å²) in [5.41, 5.74) is 1.22. The third-order valence-corrected chi connectivity index (χ3v) is 6.26. The lowest BCUT2D eigenvalue weighted by Gasteiger charge is -2.20. The number of aromatic amines is 1. The van der Waals surface area contributed by atoms with Crippen LogP contribution in [0.3, 0.4) is 0 Å². The van der Waals surface area contributed by atoms with Crippen LogP contribution in [0.1, 0.15) is 33.0 Å². The van der Waals surface area contributed by atoms with E-state index in [1.807, 2.05) is 24.3 Å². The number of imide groups is 1. The standard InChI is InChI=1S/C23H24N4O5S2/c1-23(2,3)32-21(29)24-11-6-12-27-19(28)17(33-22(27)30)13-14-9-10-18(31-14)34-20-25-15-7-4-5-8-16(15)26-20/h4-5,7-10,13H,6,11-12H2,1-3H3,(H,24,29)(H,25,26)/b17-13-. The number of nitrogens with one attached hydrogen (secondary N) is 2. The number of nitrogens with zero attached hydrogens (tertiary/aromatic N) is 2. The average molecular weight is 501 g/mol. The minimum absolute atomic E-state index is 0.198. The quantitative estimate of drug-likeness (QED) is 0.333. The highest BCUT2D eigenvalue weighted by Crippen LogP contribution is 2.34. The Morgan fingerprint density at radius 1 is 1.26 bits per heavy atom. The maximum Gasteiger partial charge on any atom is 0.407 e. The zero-order chi connectivity index (χ0) is 24.3. The van der Waals surface area contributed by atoms with Gasteiger partial charge in [-0.05, 0) is 75.0 Å². The molecule has 0 aliphatic carbocycles. The van der Waals surface area contributed by atoms with Crippen LogP contribution < -0.4 is 5.32 Å². The van der Waals surface area contributed by atoms with Crippen LogP contribution in [0.25, 0.3) is 17.1 Å². The number of para-hydroxylation sites is 2. The Morgan fingerprint density at radius 2 is 2.06 bits per heavy atom. The monoisotopic (exact) mass is 500 g/mol. The van der Waals surface area contributed by atoms with Gasteiger partial charge in [-0.2, -0.15) is 0 Å². The van der Waals surface area contributed by atoms with Crippen molar-refractivity contribution in [2.24, 2.45) is 0 Å². The van der Waals surface area contributed by atoms with E-state index in [0.717, 1.165) is 22.8 Å². The molecule has 1 aliphatic heterocycles. The van der Waals surface area contributed by atoms with Crippen molar-refractivity contribution in [2.75, 3.05) is 13.1 Å². The number of benzene rings is 1. The van der Waals surface area contributed by atoms with Crippen LogP contribution in [0.5, 0.6) is 0 Å². The van der Waals surface area contributed by atoms with E-state index in [0.29, 0.717) is 27.3 Å². The molecule has 0 saturated carbocycles. The maximum absolute atomic E-state index is 12.7. The molecule has 1 aromatic carbocycles. The predicted octanol–water partition coefficient (Wildman–Crippen LogP) is 5.26. The van der Waals surface area contributed by atoms with E-state index in [2.05, 4.69) is 15.3 Å². The van der Waals surface area contributed by atoms with Crippen LogP contribution in [0.2, 0.25) is 0 Å². The van der Waals surface area contributed by atoms with Crippen molar-refractivity contribution >= 4 is 57.9 Å². The van der Waals surface area contributed by atoms with Gasteiger partial charge in [-0.1, -0.05) is 12.1 Å². The Balaban J connectivity index is 1.31. The molecule has 0 unspecified atom stereocenters. The molecule has 2 aromatic heterocycles. The third-order valence-electron chi connectivity index (χ3n) is 4.54. The zero-order valence-corrected chi connectivity index (χ0v) is 20.5. The van der Waals surface area contributed by atoms with E-state index >= 15 is 0 Å². The van der Waals surface area contributed by atoms with Crippen LogP contribution in [0.15, 0.2) is 56.0 Å². The molecule has 1 saturated heterocycles. The molecule has 3 heterocycles. The topological polar surface area (TPSA) is 118 Å². The van der Waals surface area contributed by atoms with Crippen molar-refractivity contribution in [2.45, 2.75) is 43.0 Å². The summed E-state index contributed by atoms with van der Waals surface area (Å²) >= 11 is 2.20. The number of aromatic nitrogens is 2. The van der Waals surface area contributed by atoms with Crippen molar-refractivity contribution in [1.29, 1.82) is 0 Å². The first-order valence-electron chi connectivity index (χ1n) is 10.6. The molecule has 3 aromatic rings. The molecule has 2 N–H and O–H groups in total. The zero-order valence-electron chi connectivity index (χ0n) is 18.9. The SMILES string of the molecule is CC(C)(C)OC(=O)NCCCN1C(=O)S/C(=C\c2ccc(Sc3nc4ccccc4[nH]3)o2)C1=O. The highest BCUT2D eigenvalue weighted by atomic mass is 32.2. The number of carbonyl (C=O) groups excluding carboxylic acids is 3. The Kier molecular flexibility index (Phi) is 7.03. The van der Waals surface area contributed by atoms with E-state index < -0.39 is 11.7 Å². The van der Waals surface area contributed by atoms with Gasteiger partial charge < -0.3 is 19.5 Å². The summed E-state index contributed by atoms with van der Waals surface area (Å²) in [5.74, 6) is 0.0888. The van der Waals surface area contributed by atoms with Crippen molar-refractivity contribution < 1.29 is 23.5 Å². The number of ether oxygens (including phenoxy) is 1. The van der Waals surface area contributed by atoms with E-state index in [-0.39, 0.29) is 24.2 Å². The van der Waals surface area contributed by atoms with Gasteiger partial charge in [-0.15, -0.1) is 0 Å². The van der Waals surface area contributed by atoms with Crippen molar-refractivity contribution in [3.8, 4) is 0 Å². The molecule has 34 heavy (non-hydrogen) atoms. The minimum Gasteiger partial charge on any atom is -0.450 e. The van der Waals surface area contributed by atoms with Crippen LogP contribution >= 0.6 is 23.5 Å². The van der Waals surface area contributed by atoms with Gasteiger partial charge in [-0.25, -0.2) is 9.78 Å². The number of imidazole rings is 1. The Hall–Kier alpha value is -3.18. The number of alkyl carbamates (subject to hydrolysis) is 1. The lowest BCUT2D eigenvalue weighted by molar-refractivity contribution is -0.122. The summed E-state index contributed by atoms with van der Waals surface area (Å²) in [7, 11) is 0. The summed E-state index contributed by atoms with van der Waals surface area (Å²) in [4.78, 5) is 45.8. The second-order valence-corrected chi connectivity index (χ2v) is 10.4. The number of thioether (sulfide) groups is 1. The largest absolute Gasteiger partial charge is 0.450 e. The molecule has 0 bridgehead atoms. The summed E-state index contributed by atoms with van der Waals surface area (Å²) < 4.78 is 11.0. The smallest absolute Gasteiger partial charge is 0.407 e. The number of H-pyrrole nitrogens is 1. The number of rotatable bonds is 7. The number of amides is 3. The first-order chi connectivity index (χ1) is 16.2. The van der Waals surface area contributed by atoms with Gasteiger partial charge in [0, 0.05) is 19.2 Å². The molecule has 0 radical (unpaired) electrons. The summed E-state index contributed by atoms with van der Waals surface area (Å²) in [6.45, 7) is 5.82. The average Bonchev–Trinajstić information content (AvgIpc) is 3.43. The van der Waals surface area contributed by atoms with Crippen LogP contribution in [0.4, 0.5) is 9.59 Å². The fourth-order valence-corrected chi connectivity index (χ4v) is 4.72. The van der Waals surface area contributed by atoms with E-state index in [1.54, 1.807) is 39.0 Å². The van der Waals surface area contributed by atoms with Gasteiger partial charge >= 0.3 is 6.09 Å². The van der Waals surface area contributed by atoms with Crippen molar-refractivity contribution in [1.82, 2.24) is 20.2 Å². The van der Waals surface area contributed by atoms with E-state index in [1.165, 1.54) is 16.7 Å². The molecule has 9 nitrogen and oxygen atoms in total. The second kappa shape index (κ2) is 9.98. The molecule has 11 heteroatoms. The first kappa shape index (κ1) is 24.0. The van der Waals surface area contributed by atoms with Gasteiger partial charge in [0.15, 0.2) is 10.2 Å². The van der Waals surface area contributed by atoms with Crippen LogP contribution in [-0.2, 0) is 9.53 Å². The normalized spacial score (nSPS) is 15.5. The van der Waals surface area contributed by atoms with Crippen LogP contribution in [0, 0.1) is 0 Å². The fraction of sp³-hybridized carbons (Fsp3) is 0.304. The molecular weight excluding hydrogens is 476 g/mol. The number of fused-ring (bicyclic) bond motifs is 1. The molecule has 4 rings (SSSR count). The van der Waals surface area contributed by atoms with Gasteiger partial charge in [0.25, 0.3) is 11.1 Å². The van der Waals surface area contributed by atoms with E-state index in [4.69, 9.17) is 9.15 Å². The molecule has 178 valence electrons. The molecule has 1 fully saturated rings. The predicted molar refractivity (Wildman–Crippen MR) is 130 cm³/mol. The summed E-state index contributed by atoms with van der Waals surface area (Å²) in [5, 5.41) is 3.57. The van der Waals surface area contributed by atoms with Crippen molar-refractivity contribution in [3.63, 3.8) is 0 Å². The number of furan rings is 1. The van der Waals surface area contributed by atoms with Gasteiger partial charge in [-0.3, -0.25) is 14.5 Å². The minimum atomic E-state index is -0.586. The van der Waals surface area contributed by atoms with Gasteiger partial charge in [0.05, 0.1) is 15.9 Å². The molecule has 0 atom stereocenters.